The van der Waals surface area contributed by atoms with E-state index in [1.54, 1.807) is 11.3 Å². The fourth-order valence-electron chi connectivity index (χ4n) is 1.13. The molecule has 1 aromatic heterocycles. The lowest BCUT2D eigenvalue weighted by Gasteiger charge is -2.13. The summed E-state index contributed by atoms with van der Waals surface area (Å²) in [7, 11) is 0. The zero-order valence-corrected chi connectivity index (χ0v) is 8.77. The van der Waals surface area contributed by atoms with Crippen LogP contribution >= 0.6 is 11.3 Å². The van der Waals surface area contributed by atoms with Crippen molar-refractivity contribution in [1.82, 2.24) is 0 Å². The number of nitrogens with zero attached hydrogens (tertiary/aromatic N) is 1. The highest BCUT2D eigenvalue weighted by Crippen LogP contribution is 2.24. The van der Waals surface area contributed by atoms with Crippen LogP contribution in [0.4, 0.5) is 0 Å². The Morgan fingerprint density at radius 3 is 2.85 bits per heavy atom. The maximum Gasteiger partial charge on any atom is 0.0695 e. The number of hydrogen-bond acceptors (Lipinski definition) is 3. The maximum absolute atomic E-state index is 8.50. The quantitative estimate of drug-likeness (QED) is 0.803. The van der Waals surface area contributed by atoms with Crippen molar-refractivity contribution in [3.8, 4) is 6.07 Å². The third-order valence-electron chi connectivity index (χ3n) is 2.03. The fraction of sp³-hybridized carbons (Fsp3) is 0.500. The first-order valence-corrected chi connectivity index (χ1v) is 5.23. The molecule has 1 aromatic rings. The number of rotatable bonds is 3. The van der Waals surface area contributed by atoms with Gasteiger partial charge in [0.05, 0.1) is 12.5 Å². The molecule has 0 saturated carbocycles. The van der Waals surface area contributed by atoms with Crippen LogP contribution in [0.3, 0.4) is 0 Å². The van der Waals surface area contributed by atoms with Crippen molar-refractivity contribution in [1.29, 1.82) is 5.26 Å². The lowest BCUT2D eigenvalue weighted by atomic mass is 9.99. The summed E-state index contributed by atoms with van der Waals surface area (Å²) in [6, 6.07) is 4.28. The molecule has 0 bridgehead atoms. The van der Waals surface area contributed by atoms with Crippen LogP contribution in [0.25, 0.3) is 0 Å². The molecule has 0 aliphatic carbocycles. The molecule has 70 valence electrons. The minimum atomic E-state index is 0.101. The lowest BCUT2D eigenvalue weighted by molar-refractivity contribution is 0.515. The molecule has 1 rings (SSSR count). The predicted octanol–water partition coefficient (Wildman–Crippen LogP) is 2.47. The third kappa shape index (κ3) is 2.55. The number of nitriles is 1. The molecule has 1 atom stereocenters. The van der Waals surface area contributed by atoms with E-state index >= 15 is 0 Å². The number of thiophene rings is 1. The first kappa shape index (κ1) is 10.2. The molecule has 3 heteroatoms. The smallest absolute Gasteiger partial charge is 0.0695 e. The first-order valence-electron chi connectivity index (χ1n) is 4.35. The van der Waals surface area contributed by atoms with Crippen LogP contribution in [0.1, 0.15) is 30.3 Å². The van der Waals surface area contributed by atoms with Crippen molar-refractivity contribution >= 4 is 11.3 Å². The van der Waals surface area contributed by atoms with Gasteiger partial charge in [-0.2, -0.15) is 5.26 Å². The van der Waals surface area contributed by atoms with Crippen molar-refractivity contribution in [3.05, 3.63) is 21.9 Å². The monoisotopic (exact) mass is 194 g/mol. The van der Waals surface area contributed by atoms with Gasteiger partial charge in [-0.3, -0.25) is 0 Å². The highest BCUT2D eigenvalue weighted by Gasteiger charge is 2.11. The standard InChI is InChI=1S/C10H14N2S/c1-7(2)10(12)8-5-9(3-4-11)13-6-8/h5-7,10H,3,12H2,1-2H3/t10-/m1/s1. The van der Waals surface area contributed by atoms with Gasteiger partial charge in [0.25, 0.3) is 0 Å². The Morgan fingerprint density at radius 1 is 1.62 bits per heavy atom. The molecule has 0 aliphatic rings. The van der Waals surface area contributed by atoms with Gasteiger partial charge in [-0.25, -0.2) is 0 Å². The van der Waals surface area contributed by atoms with Crippen molar-refractivity contribution in [2.45, 2.75) is 26.3 Å². The summed E-state index contributed by atoms with van der Waals surface area (Å²) in [5.41, 5.74) is 7.13. The molecule has 0 radical (unpaired) electrons. The molecular formula is C10H14N2S. The summed E-state index contributed by atoms with van der Waals surface area (Å²) in [5.74, 6) is 0.449. The van der Waals surface area contributed by atoms with Crippen molar-refractivity contribution in [3.63, 3.8) is 0 Å². The first-order chi connectivity index (χ1) is 6.15. The number of nitrogens with two attached hydrogens (primary N) is 1. The molecule has 0 fully saturated rings. The summed E-state index contributed by atoms with van der Waals surface area (Å²) >= 11 is 1.62. The SMILES string of the molecule is CC(C)[C@@H](N)c1csc(CC#N)c1. The van der Waals surface area contributed by atoms with Crippen LogP contribution in [0, 0.1) is 17.2 Å². The second-order valence-electron chi connectivity index (χ2n) is 3.45. The average molecular weight is 194 g/mol. The summed E-state index contributed by atoms with van der Waals surface area (Å²) < 4.78 is 0. The highest BCUT2D eigenvalue weighted by atomic mass is 32.1. The predicted molar refractivity (Wildman–Crippen MR) is 55.4 cm³/mol. The van der Waals surface area contributed by atoms with E-state index in [0.717, 1.165) is 10.4 Å². The van der Waals surface area contributed by atoms with E-state index in [1.807, 2.05) is 6.07 Å². The van der Waals surface area contributed by atoms with Gasteiger partial charge in [0.2, 0.25) is 0 Å². The van der Waals surface area contributed by atoms with Gasteiger partial charge < -0.3 is 5.73 Å². The highest BCUT2D eigenvalue weighted by molar-refractivity contribution is 7.10. The van der Waals surface area contributed by atoms with Gasteiger partial charge in [0, 0.05) is 10.9 Å². The summed E-state index contributed by atoms with van der Waals surface area (Å²) in [5, 5.41) is 10.6. The molecule has 0 spiro atoms. The Labute approximate surface area is 83.0 Å². The van der Waals surface area contributed by atoms with Crippen molar-refractivity contribution < 1.29 is 0 Å². The Bertz CT molecular complexity index is 309. The Balaban J connectivity index is 2.74. The average Bonchev–Trinajstić information content (AvgIpc) is 2.52. The number of hydrogen-bond donors (Lipinski definition) is 1. The van der Waals surface area contributed by atoms with Crippen LogP contribution < -0.4 is 5.73 Å². The lowest BCUT2D eigenvalue weighted by Crippen LogP contribution is -2.15. The third-order valence-corrected chi connectivity index (χ3v) is 2.99. The van der Waals surface area contributed by atoms with E-state index in [1.165, 1.54) is 0 Å². The zero-order chi connectivity index (χ0) is 9.84. The van der Waals surface area contributed by atoms with Crippen LogP contribution in [-0.2, 0) is 6.42 Å². The van der Waals surface area contributed by atoms with Gasteiger partial charge in [-0.05, 0) is 22.9 Å². The van der Waals surface area contributed by atoms with E-state index in [2.05, 4.69) is 25.3 Å². The minimum absolute atomic E-state index is 0.101. The van der Waals surface area contributed by atoms with Gasteiger partial charge in [-0.1, -0.05) is 13.8 Å². The molecule has 0 amide bonds. The fourth-order valence-corrected chi connectivity index (χ4v) is 1.99. The second-order valence-corrected chi connectivity index (χ2v) is 4.45. The van der Waals surface area contributed by atoms with Gasteiger partial charge in [0.15, 0.2) is 0 Å². The molecule has 2 N–H and O–H groups in total. The van der Waals surface area contributed by atoms with Crippen LogP contribution in [0.5, 0.6) is 0 Å². The maximum atomic E-state index is 8.50. The molecular weight excluding hydrogens is 180 g/mol. The normalized spacial score (nSPS) is 12.8. The molecule has 13 heavy (non-hydrogen) atoms. The Kier molecular flexibility index (Phi) is 3.47. The minimum Gasteiger partial charge on any atom is -0.324 e. The molecule has 0 unspecified atom stereocenters. The van der Waals surface area contributed by atoms with E-state index < -0.39 is 0 Å². The summed E-state index contributed by atoms with van der Waals surface area (Å²) in [4.78, 5) is 1.11. The van der Waals surface area contributed by atoms with E-state index in [0.29, 0.717) is 12.3 Å². The summed E-state index contributed by atoms with van der Waals surface area (Å²) in [6.45, 7) is 4.21. The molecule has 0 aliphatic heterocycles. The van der Waals surface area contributed by atoms with E-state index in [-0.39, 0.29) is 6.04 Å². The molecule has 2 nitrogen and oxygen atoms in total. The molecule has 0 aromatic carbocycles. The summed E-state index contributed by atoms with van der Waals surface area (Å²) in [6.07, 6.45) is 0.496. The van der Waals surface area contributed by atoms with Crippen molar-refractivity contribution in [2.24, 2.45) is 11.7 Å². The van der Waals surface area contributed by atoms with Crippen molar-refractivity contribution in [2.75, 3.05) is 0 Å². The largest absolute Gasteiger partial charge is 0.324 e. The van der Waals surface area contributed by atoms with E-state index in [4.69, 9.17) is 11.0 Å². The second kappa shape index (κ2) is 4.40. The molecule has 1 heterocycles. The van der Waals surface area contributed by atoms with E-state index in [9.17, 15) is 0 Å². The molecule has 0 saturated heterocycles. The van der Waals surface area contributed by atoms with Crippen LogP contribution in [0.2, 0.25) is 0 Å². The van der Waals surface area contributed by atoms with Crippen LogP contribution in [0.15, 0.2) is 11.4 Å². The Morgan fingerprint density at radius 2 is 2.31 bits per heavy atom. The van der Waals surface area contributed by atoms with Gasteiger partial charge in [-0.15, -0.1) is 11.3 Å². The van der Waals surface area contributed by atoms with Gasteiger partial charge >= 0.3 is 0 Å². The van der Waals surface area contributed by atoms with Gasteiger partial charge in [0.1, 0.15) is 0 Å². The zero-order valence-electron chi connectivity index (χ0n) is 7.95. The topological polar surface area (TPSA) is 49.8 Å². The Hall–Kier alpha value is -0.850. The van der Waals surface area contributed by atoms with Crippen LogP contribution in [-0.4, -0.2) is 0 Å².